The van der Waals surface area contributed by atoms with Gasteiger partial charge in [-0.15, -0.1) is 11.3 Å². The van der Waals surface area contributed by atoms with Crippen LogP contribution >= 0.6 is 11.3 Å². The summed E-state index contributed by atoms with van der Waals surface area (Å²) in [6, 6.07) is 0. The van der Waals surface area contributed by atoms with E-state index < -0.39 is 5.60 Å². The molecular weight excluding hydrogens is 256 g/mol. The zero-order chi connectivity index (χ0) is 14.0. The van der Waals surface area contributed by atoms with E-state index in [1.165, 1.54) is 6.42 Å². The number of aromatic nitrogens is 1. The summed E-state index contributed by atoms with van der Waals surface area (Å²) in [5.74, 6) is 0.261. The van der Waals surface area contributed by atoms with Crippen LogP contribution in [0.1, 0.15) is 55.1 Å². The van der Waals surface area contributed by atoms with E-state index in [1.54, 1.807) is 24.5 Å². The van der Waals surface area contributed by atoms with Crippen LogP contribution in [-0.2, 0) is 5.60 Å². The summed E-state index contributed by atoms with van der Waals surface area (Å²) in [7, 11) is 1.78. The lowest BCUT2D eigenvalue weighted by atomic mass is 9.77. The van der Waals surface area contributed by atoms with Crippen molar-refractivity contribution in [2.75, 3.05) is 7.05 Å². The summed E-state index contributed by atoms with van der Waals surface area (Å²) in [4.78, 5) is 9.86. The van der Waals surface area contributed by atoms with Crippen molar-refractivity contribution in [1.82, 2.24) is 4.98 Å². The smallest absolute Gasteiger partial charge is 0.126 e. The van der Waals surface area contributed by atoms with Crippen LogP contribution in [0.25, 0.3) is 6.08 Å². The molecule has 2 unspecified atom stereocenters. The lowest BCUT2D eigenvalue weighted by Gasteiger charge is -2.36. The third-order valence-electron chi connectivity index (χ3n) is 4.14. The van der Waals surface area contributed by atoms with Crippen LogP contribution in [0.4, 0.5) is 0 Å². The first-order valence-electron chi connectivity index (χ1n) is 6.82. The molecule has 1 aromatic rings. The number of aliphatic imine (C=N–C) groups is 1. The van der Waals surface area contributed by atoms with Gasteiger partial charge in [-0.1, -0.05) is 26.3 Å². The Bertz CT molecular complexity index is 506. The van der Waals surface area contributed by atoms with E-state index in [0.29, 0.717) is 0 Å². The van der Waals surface area contributed by atoms with Gasteiger partial charge in [-0.2, -0.15) is 0 Å². The molecule has 1 aliphatic carbocycles. The fourth-order valence-corrected chi connectivity index (χ4v) is 3.95. The highest BCUT2D eigenvalue weighted by Gasteiger charge is 2.40. The topological polar surface area (TPSA) is 45.5 Å². The number of nitrogens with zero attached hydrogens (tertiary/aromatic N) is 2. The maximum Gasteiger partial charge on any atom is 0.126 e. The Morgan fingerprint density at radius 1 is 1.58 bits per heavy atom. The molecule has 2 rings (SSSR count). The highest BCUT2D eigenvalue weighted by atomic mass is 32.1. The van der Waals surface area contributed by atoms with E-state index >= 15 is 0 Å². The Labute approximate surface area is 119 Å². The Morgan fingerprint density at radius 3 is 2.89 bits per heavy atom. The lowest BCUT2D eigenvalue weighted by Crippen LogP contribution is -2.36. The maximum atomic E-state index is 11.0. The van der Waals surface area contributed by atoms with Gasteiger partial charge in [0.05, 0.1) is 16.3 Å². The van der Waals surface area contributed by atoms with Gasteiger partial charge in [0.1, 0.15) is 10.6 Å². The number of rotatable bonds is 3. The van der Waals surface area contributed by atoms with Gasteiger partial charge in [-0.05, 0) is 31.8 Å². The van der Waals surface area contributed by atoms with Gasteiger partial charge in [-0.3, -0.25) is 4.99 Å². The van der Waals surface area contributed by atoms with Crippen molar-refractivity contribution in [3.05, 3.63) is 22.2 Å². The van der Waals surface area contributed by atoms with Crippen LogP contribution in [0, 0.1) is 5.92 Å². The Morgan fingerprint density at radius 2 is 2.32 bits per heavy atom. The summed E-state index contributed by atoms with van der Waals surface area (Å²) in [6.45, 7) is 7.91. The predicted molar refractivity (Wildman–Crippen MR) is 81.9 cm³/mol. The van der Waals surface area contributed by atoms with E-state index in [4.69, 9.17) is 0 Å². The van der Waals surface area contributed by atoms with Crippen molar-refractivity contribution in [3.8, 4) is 0 Å². The fourth-order valence-electron chi connectivity index (χ4n) is 2.66. The van der Waals surface area contributed by atoms with Gasteiger partial charge < -0.3 is 5.11 Å². The third-order valence-corrected chi connectivity index (χ3v) is 5.49. The second-order valence-electron chi connectivity index (χ2n) is 5.32. The zero-order valence-electron chi connectivity index (χ0n) is 11.9. The van der Waals surface area contributed by atoms with Gasteiger partial charge in [0, 0.05) is 7.05 Å². The number of hydrogen-bond donors (Lipinski definition) is 1. The number of aliphatic hydroxyl groups is 1. The SMILES string of the molecule is C=Cc1nc(C2(O)CCCCC2C)sc1C(C)=NC. The molecule has 0 aromatic carbocycles. The molecule has 0 saturated heterocycles. The van der Waals surface area contributed by atoms with Crippen LogP contribution < -0.4 is 0 Å². The lowest BCUT2D eigenvalue weighted by molar-refractivity contribution is -0.0471. The highest BCUT2D eigenvalue weighted by molar-refractivity contribution is 7.14. The average Bonchev–Trinajstić information content (AvgIpc) is 2.86. The van der Waals surface area contributed by atoms with E-state index in [9.17, 15) is 5.11 Å². The molecule has 1 heterocycles. The number of hydrogen-bond acceptors (Lipinski definition) is 4. The second kappa shape index (κ2) is 5.55. The van der Waals surface area contributed by atoms with Gasteiger partial charge >= 0.3 is 0 Å². The molecule has 4 heteroatoms. The number of thiazole rings is 1. The summed E-state index contributed by atoms with van der Waals surface area (Å²) in [5.41, 5.74) is 1.02. The van der Waals surface area contributed by atoms with Crippen molar-refractivity contribution < 1.29 is 5.11 Å². The van der Waals surface area contributed by atoms with E-state index in [1.807, 2.05) is 6.92 Å². The minimum Gasteiger partial charge on any atom is -0.382 e. The van der Waals surface area contributed by atoms with Crippen molar-refractivity contribution in [2.45, 2.75) is 45.1 Å². The van der Waals surface area contributed by atoms with Crippen molar-refractivity contribution in [3.63, 3.8) is 0 Å². The summed E-state index contributed by atoms with van der Waals surface area (Å²) in [6.07, 6.45) is 5.89. The van der Waals surface area contributed by atoms with Crippen LogP contribution in [0.2, 0.25) is 0 Å². The molecule has 1 saturated carbocycles. The summed E-state index contributed by atoms with van der Waals surface area (Å²) in [5, 5.41) is 11.8. The average molecular weight is 278 g/mol. The van der Waals surface area contributed by atoms with Gasteiger partial charge in [-0.25, -0.2) is 4.98 Å². The Balaban J connectivity index is 2.45. The minimum atomic E-state index is -0.771. The summed E-state index contributed by atoms with van der Waals surface area (Å²) < 4.78 is 0. The molecule has 3 nitrogen and oxygen atoms in total. The van der Waals surface area contributed by atoms with Crippen LogP contribution in [-0.4, -0.2) is 22.8 Å². The van der Waals surface area contributed by atoms with E-state index in [-0.39, 0.29) is 5.92 Å². The first-order chi connectivity index (χ1) is 9.02. The first-order valence-corrected chi connectivity index (χ1v) is 7.64. The molecule has 104 valence electrons. The Kier molecular flexibility index (Phi) is 4.21. The molecule has 19 heavy (non-hydrogen) atoms. The van der Waals surface area contributed by atoms with Gasteiger partial charge in [0.25, 0.3) is 0 Å². The molecule has 0 bridgehead atoms. The normalized spacial score (nSPS) is 28.4. The molecule has 0 aliphatic heterocycles. The quantitative estimate of drug-likeness (QED) is 0.858. The highest BCUT2D eigenvalue weighted by Crippen LogP contribution is 2.43. The summed E-state index contributed by atoms with van der Waals surface area (Å²) >= 11 is 1.56. The molecule has 0 spiro atoms. The van der Waals surface area contributed by atoms with E-state index in [0.717, 1.165) is 40.6 Å². The largest absolute Gasteiger partial charge is 0.382 e. The Hall–Kier alpha value is -1.00. The van der Waals surface area contributed by atoms with E-state index in [2.05, 4.69) is 23.5 Å². The minimum absolute atomic E-state index is 0.261. The van der Waals surface area contributed by atoms with Crippen molar-refractivity contribution >= 4 is 23.1 Å². The monoisotopic (exact) mass is 278 g/mol. The standard InChI is InChI=1S/C15H22N2OS/c1-5-12-13(11(3)16-4)19-14(17-12)15(18)9-7-6-8-10(15)2/h5,10,18H,1,6-9H2,2-4H3. The van der Waals surface area contributed by atoms with Crippen molar-refractivity contribution in [2.24, 2.45) is 10.9 Å². The van der Waals surface area contributed by atoms with Gasteiger partial charge in [0.15, 0.2) is 0 Å². The zero-order valence-corrected chi connectivity index (χ0v) is 12.8. The molecule has 1 fully saturated rings. The molecule has 0 radical (unpaired) electrons. The predicted octanol–water partition coefficient (Wildman–Crippen LogP) is 3.62. The fraction of sp³-hybridized carbons (Fsp3) is 0.600. The molecule has 1 aromatic heterocycles. The van der Waals surface area contributed by atoms with Crippen molar-refractivity contribution in [1.29, 1.82) is 0 Å². The van der Waals surface area contributed by atoms with Crippen LogP contribution in [0.15, 0.2) is 11.6 Å². The van der Waals surface area contributed by atoms with Crippen LogP contribution in [0.5, 0.6) is 0 Å². The molecule has 1 aliphatic rings. The molecular formula is C15H22N2OS. The third kappa shape index (κ3) is 2.51. The molecule has 1 N–H and O–H groups in total. The maximum absolute atomic E-state index is 11.0. The molecule has 2 atom stereocenters. The van der Waals surface area contributed by atoms with Gasteiger partial charge in [0.2, 0.25) is 0 Å². The first kappa shape index (κ1) is 14.4. The molecule has 0 amide bonds. The van der Waals surface area contributed by atoms with Crippen LogP contribution in [0.3, 0.4) is 0 Å². The second-order valence-corrected chi connectivity index (χ2v) is 6.32.